The molecule has 0 aliphatic rings. The number of anilines is 1. The van der Waals surface area contributed by atoms with Crippen LogP contribution in [0.15, 0.2) is 18.2 Å². The van der Waals surface area contributed by atoms with Gasteiger partial charge in [0.15, 0.2) is 5.82 Å². The molecule has 0 aliphatic carbocycles. The average Bonchev–Trinajstić information content (AvgIpc) is 2.76. The number of benzene rings is 1. The summed E-state index contributed by atoms with van der Waals surface area (Å²) >= 11 is 0. The van der Waals surface area contributed by atoms with Gasteiger partial charge in [0.2, 0.25) is 0 Å². The first-order valence-corrected chi connectivity index (χ1v) is 5.67. The highest BCUT2D eigenvalue weighted by molar-refractivity contribution is 5.77. The molecule has 6 nitrogen and oxygen atoms in total. The summed E-state index contributed by atoms with van der Waals surface area (Å²) in [5.74, 6) is 1.27. The van der Waals surface area contributed by atoms with Crippen LogP contribution in [-0.4, -0.2) is 27.3 Å². The smallest absolute Gasteiger partial charge is 0.188 e. The Balaban J connectivity index is 2.67. The number of rotatable bonds is 2. The highest BCUT2D eigenvalue weighted by Crippen LogP contribution is 2.34. The van der Waals surface area contributed by atoms with Crippen molar-refractivity contribution in [2.45, 2.75) is 26.3 Å². The maximum absolute atomic E-state index is 6.01. The van der Waals surface area contributed by atoms with E-state index < -0.39 is 0 Å². The largest absolute Gasteiger partial charge is 0.496 e. The maximum Gasteiger partial charge on any atom is 0.188 e. The third kappa shape index (κ3) is 2.01. The number of nitrogens with two attached hydrogens (primary N) is 1. The standard InChI is InChI=1S/C12H17N5O/c1-12(2,3)17-11(14-15-16-17)10-8(13)6-5-7-9(10)18-4/h5-7H,13H2,1-4H3. The van der Waals surface area contributed by atoms with Gasteiger partial charge in [0.05, 0.1) is 18.2 Å². The third-order valence-electron chi connectivity index (χ3n) is 2.61. The minimum atomic E-state index is -0.230. The van der Waals surface area contributed by atoms with Crippen molar-refractivity contribution in [1.82, 2.24) is 20.2 Å². The molecule has 1 heterocycles. The van der Waals surface area contributed by atoms with Gasteiger partial charge in [0.1, 0.15) is 5.75 Å². The monoisotopic (exact) mass is 247 g/mol. The predicted octanol–water partition coefficient (Wildman–Crippen LogP) is 1.69. The van der Waals surface area contributed by atoms with Gasteiger partial charge in [-0.2, -0.15) is 0 Å². The van der Waals surface area contributed by atoms with Crippen LogP contribution in [0.5, 0.6) is 5.75 Å². The summed E-state index contributed by atoms with van der Waals surface area (Å²) in [6.45, 7) is 6.08. The molecule has 2 rings (SSSR count). The van der Waals surface area contributed by atoms with E-state index in [0.29, 0.717) is 17.3 Å². The SMILES string of the molecule is COc1cccc(N)c1-c1nnnn1C(C)(C)C. The summed E-state index contributed by atoms with van der Waals surface area (Å²) in [6, 6.07) is 5.48. The fourth-order valence-electron chi connectivity index (χ4n) is 1.75. The molecule has 0 bridgehead atoms. The summed E-state index contributed by atoms with van der Waals surface area (Å²) in [6.07, 6.45) is 0. The van der Waals surface area contributed by atoms with Crippen LogP contribution < -0.4 is 10.5 Å². The van der Waals surface area contributed by atoms with Crippen molar-refractivity contribution in [2.75, 3.05) is 12.8 Å². The Morgan fingerprint density at radius 1 is 1.28 bits per heavy atom. The van der Waals surface area contributed by atoms with Crippen molar-refractivity contribution < 1.29 is 4.74 Å². The summed E-state index contributed by atoms with van der Waals surface area (Å²) in [4.78, 5) is 0. The predicted molar refractivity (Wildman–Crippen MR) is 69.2 cm³/mol. The number of methoxy groups -OCH3 is 1. The maximum atomic E-state index is 6.01. The van der Waals surface area contributed by atoms with E-state index in [4.69, 9.17) is 10.5 Å². The lowest BCUT2D eigenvalue weighted by Gasteiger charge is -2.21. The molecule has 1 aromatic carbocycles. The zero-order valence-electron chi connectivity index (χ0n) is 11.0. The van der Waals surface area contributed by atoms with Gasteiger partial charge in [0.25, 0.3) is 0 Å². The number of hydrogen-bond acceptors (Lipinski definition) is 5. The zero-order chi connectivity index (χ0) is 13.3. The third-order valence-corrected chi connectivity index (χ3v) is 2.61. The van der Waals surface area contributed by atoms with Crippen molar-refractivity contribution in [3.05, 3.63) is 18.2 Å². The quantitative estimate of drug-likeness (QED) is 0.817. The summed E-state index contributed by atoms with van der Waals surface area (Å²) in [5, 5.41) is 11.8. The van der Waals surface area contributed by atoms with Crippen molar-refractivity contribution in [2.24, 2.45) is 0 Å². The summed E-state index contributed by atoms with van der Waals surface area (Å²) in [5.41, 5.74) is 7.10. The van der Waals surface area contributed by atoms with Crippen LogP contribution in [0.2, 0.25) is 0 Å². The van der Waals surface area contributed by atoms with Gasteiger partial charge < -0.3 is 10.5 Å². The first kappa shape index (κ1) is 12.3. The van der Waals surface area contributed by atoms with Crippen LogP contribution in [0.4, 0.5) is 5.69 Å². The first-order valence-electron chi connectivity index (χ1n) is 5.67. The van der Waals surface area contributed by atoms with E-state index in [1.54, 1.807) is 17.9 Å². The minimum absolute atomic E-state index is 0.230. The Hall–Kier alpha value is -2.11. The number of hydrogen-bond donors (Lipinski definition) is 1. The highest BCUT2D eigenvalue weighted by atomic mass is 16.5. The van der Waals surface area contributed by atoms with E-state index >= 15 is 0 Å². The molecule has 0 amide bonds. The molecule has 0 saturated heterocycles. The fraction of sp³-hybridized carbons (Fsp3) is 0.417. The van der Waals surface area contributed by atoms with Crippen LogP contribution in [0, 0.1) is 0 Å². The van der Waals surface area contributed by atoms with Gasteiger partial charge in [-0.25, -0.2) is 4.68 Å². The second-order valence-electron chi connectivity index (χ2n) is 5.01. The van der Waals surface area contributed by atoms with Crippen molar-refractivity contribution >= 4 is 5.69 Å². The normalized spacial score (nSPS) is 11.6. The van der Waals surface area contributed by atoms with Gasteiger partial charge in [-0.15, -0.1) is 5.10 Å². The number of nitrogens with zero attached hydrogens (tertiary/aromatic N) is 4. The van der Waals surface area contributed by atoms with E-state index in [1.165, 1.54) is 0 Å². The molecule has 2 aromatic rings. The Bertz CT molecular complexity index is 556. The lowest BCUT2D eigenvalue weighted by molar-refractivity contribution is 0.350. The molecule has 6 heteroatoms. The second kappa shape index (κ2) is 4.29. The summed E-state index contributed by atoms with van der Waals surface area (Å²) in [7, 11) is 1.60. The Morgan fingerprint density at radius 3 is 2.61 bits per heavy atom. The molecular formula is C12H17N5O. The molecular weight excluding hydrogens is 230 g/mol. The van der Waals surface area contributed by atoms with Crippen LogP contribution in [-0.2, 0) is 5.54 Å². The van der Waals surface area contributed by atoms with Gasteiger partial charge in [0, 0.05) is 5.69 Å². The van der Waals surface area contributed by atoms with Crippen LogP contribution in [0.1, 0.15) is 20.8 Å². The molecule has 0 spiro atoms. The van der Waals surface area contributed by atoms with Gasteiger partial charge in [-0.05, 0) is 43.3 Å². The first-order chi connectivity index (χ1) is 8.45. The molecule has 1 aromatic heterocycles. The van der Waals surface area contributed by atoms with Crippen LogP contribution >= 0.6 is 0 Å². The fourth-order valence-corrected chi connectivity index (χ4v) is 1.75. The molecule has 2 N–H and O–H groups in total. The molecule has 0 unspecified atom stereocenters. The minimum Gasteiger partial charge on any atom is -0.496 e. The van der Waals surface area contributed by atoms with E-state index in [1.807, 2.05) is 32.9 Å². The van der Waals surface area contributed by atoms with Gasteiger partial charge in [-0.3, -0.25) is 0 Å². The summed E-state index contributed by atoms with van der Waals surface area (Å²) < 4.78 is 7.07. The van der Waals surface area contributed by atoms with Gasteiger partial charge in [-0.1, -0.05) is 6.07 Å². The molecule has 18 heavy (non-hydrogen) atoms. The van der Waals surface area contributed by atoms with Crippen molar-refractivity contribution in [3.63, 3.8) is 0 Å². The van der Waals surface area contributed by atoms with Crippen LogP contribution in [0.3, 0.4) is 0 Å². The van der Waals surface area contributed by atoms with E-state index in [2.05, 4.69) is 15.5 Å². The Morgan fingerprint density at radius 2 is 2.00 bits per heavy atom. The van der Waals surface area contributed by atoms with Crippen LogP contribution in [0.25, 0.3) is 11.4 Å². The number of tetrazole rings is 1. The lowest BCUT2D eigenvalue weighted by Crippen LogP contribution is -2.24. The number of nitrogen functional groups attached to an aromatic ring is 1. The van der Waals surface area contributed by atoms with Gasteiger partial charge >= 0.3 is 0 Å². The topological polar surface area (TPSA) is 78.8 Å². The molecule has 0 aliphatic heterocycles. The Labute approximate surface area is 106 Å². The lowest BCUT2D eigenvalue weighted by atomic mass is 10.1. The average molecular weight is 247 g/mol. The van der Waals surface area contributed by atoms with Crippen molar-refractivity contribution in [3.8, 4) is 17.1 Å². The second-order valence-corrected chi connectivity index (χ2v) is 5.01. The van der Waals surface area contributed by atoms with E-state index in [-0.39, 0.29) is 5.54 Å². The molecule has 0 atom stereocenters. The molecule has 0 saturated carbocycles. The molecule has 0 fully saturated rings. The highest BCUT2D eigenvalue weighted by Gasteiger charge is 2.24. The van der Waals surface area contributed by atoms with E-state index in [9.17, 15) is 0 Å². The molecule has 0 radical (unpaired) electrons. The molecule has 96 valence electrons. The number of ether oxygens (including phenoxy) is 1. The zero-order valence-corrected chi connectivity index (χ0v) is 11.0. The Kier molecular flexibility index (Phi) is 2.94. The van der Waals surface area contributed by atoms with Crippen molar-refractivity contribution in [1.29, 1.82) is 0 Å². The van der Waals surface area contributed by atoms with E-state index in [0.717, 1.165) is 5.56 Å². The number of aromatic nitrogens is 4.